The summed E-state index contributed by atoms with van der Waals surface area (Å²) in [4.78, 5) is 2.71. The number of nitrogen functional groups attached to an aromatic ring is 1. The van der Waals surface area contributed by atoms with Gasteiger partial charge in [0.25, 0.3) is 0 Å². The Morgan fingerprint density at radius 3 is 2.50 bits per heavy atom. The number of anilines is 2. The molecule has 64 valence electrons. The van der Waals surface area contributed by atoms with Gasteiger partial charge in [0.2, 0.25) is 0 Å². The van der Waals surface area contributed by atoms with E-state index in [9.17, 15) is 0 Å². The molecule has 1 rings (SSSR count). The van der Waals surface area contributed by atoms with Gasteiger partial charge in [-0.3, -0.25) is 0 Å². The zero-order valence-electron chi connectivity index (χ0n) is 7.24. The summed E-state index contributed by atoms with van der Waals surface area (Å²) in [5.41, 5.74) is 7.47. The normalized spacial score (nSPS) is 9.50. The highest BCUT2D eigenvalue weighted by atomic mass is 32.1. The Kier molecular flexibility index (Phi) is 2.65. The van der Waals surface area contributed by atoms with Crippen LogP contribution in [0.15, 0.2) is 24.3 Å². The van der Waals surface area contributed by atoms with Crippen molar-refractivity contribution in [2.45, 2.75) is 6.92 Å². The molecule has 0 bridgehead atoms. The molecule has 0 fully saturated rings. The van der Waals surface area contributed by atoms with Crippen molar-refractivity contribution in [3.63, 3.8) is 0 Å². The van der Waals surface area contributed by atoms with Crippen LogP contribution in [0.4, 0.5) is 11.4 Å². The third-order valence-electron chi connectivity index (χ3n) is 1.77. The standard InChI is InChI=1S/C9H12N2S/c1-7(12)11(2)9-6-4-3-5-8(9)10/h3-6H,10H2,1-2H3. The number of para-hydroxylation sites is 2. The second-order valence-electron chi connectivity index (χ2n) is 2.64. The Balaban J connectivity index is 3.02. The maximum Gasteiger partial charge on any atom is 0.0790 e. The smallest absolute Gasteiger partial charge is 0.0790 e. The van der Waals surface area contributed by atoms with E-state index in [4.69, 9.17) is 18.0 Å². The van der Waals surface area contributed by atoms with Gasteiger partial charge in [0, 0.05) is 7.05 Å². The van der Waals surface area contributed by atoms with E-state index in [1.54, 1.807) is 0 Å². The van der Waals surface area contributed by atoms with Crippen LogP contribution in [0.2, 0.25) is 0 Å². The number of rotatable bonds is 1. The van der Waals surface area contributed by atoms with Gasteiger partial charge in [-0.25, -0.2) is 0 Å². The molecule has 0 amide bonds. The highest BCUT2D eigenvalue weighted by Crippen LogP contribution is 2.20. The summed E-state index contributed by atoms with van der Waals surface area (Å²) in [6.07, 6.45) is 0. The molecule has 1 aromatic rings. The summed E-state index contributed by atoms with van der Waals surface area (Å²) >= 11 is 5.03. The van der Waals surface area contributed by atoms with E-state index >= 15 is 0 Å². The van der Waals surface area contributed by atoms with Gasteiger partial charge in [-0.2, -0.15) is 0 Å². The van der Waals surface area contributed by atoms with Gasteiger partial charge in [-0.15, -0.1) is 0 Å². The zero-order chi connectivity index (χ0) is 9.14. The van der Waals surface area contributed by atoms with Crippen molar-refractivity contribution in [3.8, 4) is 0 Å². The molecule has 3 heteroatoms. The molecule has 0 saturated carbocycles. The Morgan fingerprint density at radius 1 is 1.42 bits per heavy atom. The summed E-state index contributed by atoms with van der Waals surface area (Å²) in [7, 11) is 1.91. The van der Waals surface area contributed by atoms with Crippen molar-refractivity contribution < 1.29 is 0 Å². The summed E-state index contributed by atoms with van der Waals surface area (Å²) < 4.78 is 0. The lowest BCUT2D eigenvalue weighted by Crippen LogP contribution is -2.22. The predicted molar refractivity (Wildman–Crippen MR) is 57.5 cm³/mol. The van der Waals surface area contributed by atoms with E-state index in [0.717, 1.165) is 16.4 Å². The Labute approximate surface area is 78.0 Å². The first-order chi connectivity index (χ1) is 5.63. The van der Waals surface area contributed by atoms with Crippen LogP contribution < -0.4 is 10.6 Å². The fraction of sp³-hybridized carbons (Fsp3) is 0.222. The van der Waals surface area contributed by atoms with Gasteiger partial charge in [-0.05, 0) is 19.1 Å². The SMILES string of the molecule is CC(=S)N(C)c1ccccc1N. The average Bonchev–Trinajstić information content (AvgIpc) is 2.04. The van der Waals surface area contributed by atoms with Gasteiger partial charge in [0.15, 0.2) is 0 Å². The van der Waals surface area contributed by atoms with E-state index in [1.807, 2.05) is 43.1 Å². The molecular formula is C9H12N2S. The molecule has 1 aromatic carbocycles. The third-order valence-corrected chi connectivity index (χ3v) is 2.04. The maximum absolute atomic E-state index is 5.76. The van der Waals surface area contributed by atoms with Gasteiger partial charge in [0.1, 0.15) is 0 Å². The van der Waals surface area contributed by atoms with Crippen molar-refractivity contribution in [3.05, 3.63) is 24.3 Å². The highest BCUT2D eigenvalue weighted by Gasteiger charge is 2.04. The topological polar surface area (TPSA) is 29.3 Å². The van der Waals surface area contributed by atoms with Crippen molar-refractivity contribution >= 4 is 28.6 Å². The van der Waals surface area contributed by atoms with Crippen molar-refractivity contribution in [1.29, 1.82) is 0 Å². The molecule has 0 radical (unpaired) electrons. The van der Waals surface area contributed by atoms with Gasteiger partial charge < -0.3 is 10.6 Å². The minimum Gasteiger partial charge on any atom is -0.397 e. The molecule has 0 atom stereocenters. The minimum absolute atomic E-state index is 0.754. The van der Waals surface area contributed by atoms with Crippen LogP contribution in [0.3, 0.4) is 0 Å². The van der Waals surface area contributed by atoms with Crippen LogP contribution in [0, 0.1) is 0 Å². The Morgan fingerprint density at radius 2 is 2.00 bits per heavy atom. The first-order valence-electron chi connectivity index (χ1n) is 3.71. The van der Waals surface area contributed by atoms with E-state index < -0.39 is 0 Å². The quantitative estimate of drug-likeness (QED) is 0.530. The lowest BCUT2D eigenvalue weighted by atomic mass is 10.2. The van der Waals surface area contributed by atoms with Crippen molar-refractivity contribution in [2.24, 2.45) is 0 Å². The van der Waals surface area contributed by atoms with Gasteiger partial charge in [0.05, 0.1) is 16.4 Å². The number of hydrogen-bond acceptors (Lipinski definition) is 2. The van der Waals surface area contributed by atoms with Gasteiger partial charge >= 0.3 is 0 Å². The molecule has 2 N–H and O–H groups in total. The Bertz CT molecular complexity index is 296. The van der Waals surface area contributed by atoms with E-state index in [0.29, 0.717) is 0 Å². The first kappa shape index (κ1) is 9.00. The van der Waals surface area contributed by atoms with Crippen LogP contribution >= 0.6 is 12.2 Å². The molecule has 12 heavy (non-hydrogen) atoms. The summed E-state index contributed by atoms with van der Waals surface area (Å²) in [6, 6.07) is 7.67. The van der Waals surface area contributed by atoms with E-state index in [2.05, 4.69) is 0 Å². The van der Waals surface area contributed by atoms with Crippen molar-refractivity contribution in [2.75, 3.05) is 17.7 Å². The summed E-state index contributed by atoms with van der Waals surface area (Å²) in [5.74, 6) is 0. The zero-order valence-corrected chi connectivity index (χ0v) is 8.06. The highest BCUT2D eigenvalue weighted by molar-refractivity contribution is 7.80. The molecule has 0 aliphatic heterocycles. The summed E-state index contributed by atoms with van der Waals surface area (Å²) in [5, 5.41) is 0. The number of nitrogens with zero attached hydrogens (tertiary/aromatic N) is 1. The second kappa shape index (κ2) is 3.54. The fourth-order valence-electron chi connectivity index (χ4n) is 0.963. The molecule has 0 spiro atoms. The molecule has 0 heterocycles. The monoisotopic (exact) mass is 180 g/mol. The van der Waals surface area contributed by atoms with Crippen LogP contribution in [0.25, 0.3) is 0 Å². The third kappa shape index (κ3) is 1.74. The van der Waals surface area contributed by atoms with Crippen molar-refractivity contribution in [1.82, 2.24) is 0 Å². The van der Waals surface area contributed by atoms with E-state index in [1.165, 1.54) is 0 Å². The summed E-state index contributed by atoms with van der Waals surface area (Å²) in [6.45, 7) is 1.88. The first-order valence-corrected chi connectivity index (χ1v) is 4.12. The number of thiocarbonyl (C=S) groups is 1. The second-order valence-corrected chi connectivity index (χ2v) is 3.23. The molecule has 0 aliphatic carbocycles. The molecular weight excluding hydrogens is 168 g/mol. The maximum atomic E-state index is 5.76. The van der Waals surface area contributed by atoms with Crippen LogP contribution in [0.1, 0.15) is 6.92 Å². The molecule has 2 nitrogen and oxygen atoms in total. The lowest BCUT2D eigenvalue weighted by Gasteiger charge is -2.18. The van der Waals surface area contributed by atoms with E-state index in [-0.39, 0.29) is 0 Å². The average molecular weight is 180 g/mol. The number of benzene rings is 1. The van der Waals surface area contributed by atoms with Crippen LogP contribution in [-0.2, 0) is 0 Å². The minimum atomic E-state index is 0.754. The van der Waals surface area contributed by atoms with Crippen LogP contribution in [0.5, 0.6) is 0 Å². The largest absolute Gasteiger partial charge is 0.397 e. The molecule has 0 aliphatic rings. The predicted octanol–water partition coefficient (Wildman–Crippen LogP) is 2.05. The molecule has 0 unspecified atom stereocenters. The molecule has 0 saturated heterocycles. The van der Waals surface area contributed by atoms with Crippen LogP contribution in [-0.4, -0.2) is 12.0 Å². The number of hydrogen-bond donors (Lipinski definition) is 1. The molecule has 0 aromatic heterocycles. The number of nitrogens with two attached hydrogens (primary N) is 1. The Hall–Kier alpha value is -1.09. The lowest BCUT2D eigenvalue weighted by molar-refractivity contribution is 1.28. The van der Waals surface area contributed by atoms with Gasteiger partial charge in [-0.1, -0.05) is 24.4 Å². The fourth-order valence-corrected chi connectivity index (χ4v) is 1.06.